The Morgan fingerprint density at radius 3 is 2.22 bits per heavy atom. The van der Waals surface area contributed by atoms with Crippen LogP contribution in [0.2, 0.25) is 0 Å². The highest BCUT2D eigenvalue weighted by molar-refractivity contribution is 7.60. The molecule has 1 unspecified atom stereocenters. The van der Waals surface area contributed by atoms with E-state index in [0.29, 0.717) is 5.92 Å². The van der Waals surface area contributed by atoms with Crippen LogP contribution in [0.15, 0.2) is 24.3 Å². The highest BCUT2D eigenvalue weighted by Crippen LogP contribution is 2.33. The average Bonchev–Trinajstić information content (AvgIpc) is 2.34. The highest BCUT2D eigenvalue weighted by atomic mass is 31.2. The van der Waals surface area contributed by atoms with Gasteiger partial charge in [-0.05, 0) is 30.0 Å². The summed E-state index contributed by atoms with van der Waals surface area (Å²) in [6.07, 6.45) is 5.85. The quantitative estimate of drug-likeness (QED) is 0.748. The topological polar surface area (TPSA) is 57.5 Å². The molecule has 0 heterocycles. The minimum atomic E-state index is -4.10. The first-order valence-electron chi connectivity index (χ1n) is 6.62. The zero-order valence-electron chi connectivity index (χ0n) is 11.2. The number of benzene rings is 1. The largest absolute Gasteiger partial charge is 0.356 e. The number of hydrogen-bond acceptors (Lipinski definition) is 1. The predicted molar refractivity (Wildman–Crippen MR) is 75.1 cm³/mol. The lowest BCUT2D eigenvalue weighted by atomic mass is 9.92. The van der Waals surface area contributed by atoms with Gasteiger partial charge in [-0.3, -0.25) is 4.57 Å². The molecular formula is C14H23O3P. The van der Waals surface area contributed by atoms with E-state index in [9.17, 15) is 4.57 Å². The third kappa shape index (κ3) is 4.93. The lowest BCUT2D eigenvalue weighted by Crippen LogP contribution is -2.06. The minimum Gasteiger partial charge on any atom is -0.321 e. The summed E-state index contributed by atoms with van der Waals surface area (Å²) in [5.74, 6) is 0.672. The van der Waals surface area contributed by atoms with E-state index in [1.807, 2.05) is 12.1 Å². The molecule has 0 amide bonds. The smallest absolute Gasteiger partial charge is 0.321 e. The van der Waals surface area contributed by atoms with Gasteiger partial charge >= 0.3 is 7.60 Å². The Balaban J connectivity index is 2.65. The molecule has 0 saturated carbocycles. The second-order valence-electron chi connectivity index (χ2n) is 4.83. The van der Waals surface area contributed by atoms with Crippen LogP contribution in [0.25, 0.3) is 0 Å². The summed E-state index contributed by atoms with van der Waals surface area (Å²) in [6, 6.07) is 6.76. The molecule has 3 nitrogen and oxygen atoms in total. The molecule has 4 heteroatoms. The first kappa shape index (κ1) is 15.4. The van der Waals surface area contributed by atoms with Gasteiger partial charge in [0.15, 0.2) is 0 Å². The molecule has 18 heavy (non-hydrogen) atoms. The maximum absolute atomic E-state index is 11.1. The van der Waals surface area contributed by atoms with Crippen LogP contribution >= 0.6 is 7.60 Å². The second-order valence-corrected chi connectivity index (χ2v) is 6.44. The van der Waals surface area contributed by atoms with E-state index in [1.54, 1.807) is 12.1 Å². The maximum atomic E-state index is 11.1. The first-order valence-corrected chi connectivity index (χ1v) is 8.23. The molecule has 0 saturated heterocycles. The number of hydrogen-bond donors (Lipinski definition) is 2. The van der Waals surface area contributed by atoms with Crippen LogP contribution in [0.5, 0.6) is 0 Å². The van der Waals surface area contributed by atoms with Crippen molar-refractivity contribution in [2.75, 3.05) is 0 Å². The van der Waals surface area contributed by atoms with Gasteiger partial charge in [0.25, 0.3) is 0 Å². The standard InChI is InChI=1S/C14H23O3P/c1-3-5-6-12(4-2)11-13-7-9-14(10-8-13)18(15,16)17/h7-10,12H,3-6,11H2,1-2H3,(H2,15,16,17). The monoisotopic (exact) mass is 270 g/mol. The van der Waals surface area contributed by atoms with Gasteiger partial charge in [0.1, 0.15) is 0 Å². The molecule has 0 bridgehead atoms. The van der Waals surface area contributed by atoms with E-state index in [-0.39, 0.29) is 5.30 Å². The minimum absolute atomic E-state index is 0.104. The van der Waals surface area contributed by atoms with Crippen molar-refractivity contribution in [2.45, 2.75) is 46.0 Å². The maximum Gasteiger partial charge on any atom is 0.356 e. The van der Waals surface area contributed by atoms with Gasteiger partial charge in [0, 0.05) is 0 Å². The van der Waals surface area contributed by atoms with Gasteiger partial charge in [-0.1, -0.05) is 51.7 Å². The average molecular weight is 270 g/mol. The van der Waals surface area contributed by atoms with Crippen molar-refractivity contribution in [1.82, 2.24) is 0 Å². The summed E-state index contributed by atoms with van der Waals surface area (Å²) in [4.78, 5) is 18.1. The third-order valence-electron chi connectivity index (χ3n) is 3.34. The Labute approximate surface area is 109 Å². The normalized spacial score (nSPS) is 13.6. The summed E-state index contributed by atoms with van der Waals surface area (Å²) in [5, 5.41) is 0.104. The molecule has 0 aromatic heterocycles. The molecule has 2 N–H and O–H groups in total. The lowest BCUT2D eigenvalue weighted by molar-refractivity contribution is 0.387. The van der Waals surface area contributed by atoms with E-state index >= 15 is 0 Å². The van der Waals surface area contributed by atoms with Gasteiger partial charge < -0.3 is 9.79 Å². The van der Waals surface area contributed by atoms with Crippen LogP contribution in [0.4, 0.5) is 0 Å². The fourth-order valence-corrected chi connectivity index (χ4v) is 2.64. The van der Waals surface area contributed by atoms with E-state index < -0.39 is 7.60 Å². The number of unbranched alkanes of at least 4 members (excludes halogenated alkanes) is 1. The van der Waals surface area contributed by atoms with Crippen LogP contribution in [0.1, 0.15) is 45.1 Å². The van der Waals surface area contributed by atoms with Crippen molar-refractivity contribution in [3.05, 3.63) is 29.8 Å². The molecule has 0 fully saturated rings. The van der Waals surface area contributed by atoms with E-state index in [1.165, 1.54) is 19.3 Å². The van der Waals surface area contributed by atoms with E-state index in [4.69, 9.17) is 9.79 Å². The second kappa shape index (κ2) is 7.08. The van der Waals surface area contributed by atoms with Crippen LogP contribution < -0.4 is 5.30 Å². The summed E-state index contributed by atoms with van der Waals surface area (Å²) < 4.78 is 11.1. The van der Waals surface area contributed by atoms with Gasteiger partial charge in [-0.15, -0.1) is 0 Å². The Kier molecular flexibility index (Phi) is 6.07. The first-order chi connectivity index (χ1) is 8.47. The Bertz CT molecular complexity index is 394. The molecule has 1 atom stereocenters. The molecule has 1 aromatic carbocycles. The summed E-state index contributed by atoms with van der Waals surface area (Å²) >= 11 is 0. The predicted octanol–water partition coefficient (Wildman–Crippen LogP) is 3.25. The van der Waals surface area contributed by atoms with Gasteiger partial charge in [0.2, 0.25) is 0 Å². The van der Waals surface area contributed by atoms with Crippen molar-refractivity contribution >= 4 is 12.9 Å². The Hall–Kier alpha value is -0.630. The van der Waals surface area contributed by atoms with Gasteiger partial charge in [-0.2, -0.15) is 0 Å². The summed E-state index contributed by atoms with van der Waals surface area (Å²) in [7, 11) is -4.10. The fourth-order valence-electron chi connectivity index (χ4n) is 2.10. The van der Waals surface area contributed by atoms with E-state index in [0.717, 1.165) is 18.4 Å². The van der Waals surface area contributed by atoms with Crippen LogP contribution in [0.3, 0.4) is 0 Å². The molecular weight excluding hydrogens is 247 g/mol. The van der Waals surface area contributed by atoms with Crippen molar-refractivity contribution in [3.8, 4) is 0 Å². The molecule has 0 aliphatic rings. The highest BCUT2D eigenvalue weighted by Gasteiger charge is 2.16. The molecule has 0 aliphatic carbocycles. The Morgan fingerprint density at radius 1 is 1.17 bits per heavy atom. The zero-order valence-corrected chi connectivity index (χ0v) is 12.1. The van der Waals surface area contributed by atoms with Crippen molar-refractivity contribution in [3.63, 3.8) is 0 Å². The molecule has 1 aromatic rings. The zero-order chi connectivity index (χ0) is 13.6. The van der Waals surface area contributed by atoms with Crippen molar-refractivity contribution in [1.29, 1.82) is 0 Å². The summed E-state index contributed by atoms with van der Waals surface area (Å²) in [5.41, 5.74) is 1.16. The number of rotatable bonds is 7. The van der Waals surface area contributed by atoms with Crippen molar-refractivity contribution < 1.29 is 14.4 Å². The SMILES string of the molecule is CCCCC(CC)Cc1ccc(P(=O)(O)O)cc1. The molecule has 0 radical (unpaired) electrons. The molecule has 0 spiro atoms. The van der Waals surface area contributed by atoms with Crippen LogP contribution in [0, 0.1) is 5.92 Å². The van der Waals surface area contributed by atoms with Crippen molar-refractivity contribution in [2.24, 2.45) is 5.92 Å². The van der Waals surface area contributed by atoms with Gasteiger partial charge in [-0.25, -0.2) is 0 Å². The van der Waals surface area contributed by atoms with E-state index in [2.05, 4.69) is 13.8 Å². The Morgan fingerprint density at radius 2 is 1.78 bits per heavy atom. The third-order valence-corrected chi connectivity index (χ3v) is 4.31. The molecule has 0 aliphatic heterocycles. The molecule has 102 valence electrons. The van der Waals surface area contributed by atoms with Crippen LogP contribution in [-0.4, -0.2) is 9.79 Å². The summed E-state index contributed by atoms with van der Waals surface area (Å²) in [6.45, 7) is 4.39. The fraction of sp³-hybridized carbons (Fsp3) is 0.571. The lowest BCUT2D eigenvalue weighted by Gasteiger charge is -2.14. The van der Waals surface area contributed by atoms with Crippen LogP contribution in [-0.2, 0) is 11.0 Å². The molecule has 1 rings (SSSR count). The van der Waals surface area contributed by atoms with Gasteiger partial charge in [0.05, 0.1) is 5.30 Å².